The summed E-state index contributed by atoms with van der Waals surface area (Å²) >= 11 is 0. The summed E-state index contributed by atoms with van der Waals surface area (Å²) < 4.78 is 12.2. The molecule has 0 saturated heterocycles. The molecule has 0 spiro atoms. The minimum absolute atomic E-state index is 0.621. The van der Waals surface area contributed by atoms with Gasteiger partial charge in [-0.1, -0.05) is 0 Å². The molecule has 0 bridgehead atoms. The fourth-order valence-corrected chi connectivity index (χ4v) is 1.83. The lowest BCUT2D eigenvalue weighted by Gasteiger charge is -2.06. The highest BCUT2D eigenvalue weighted by Gasteiger charge is 2.07. The average molecular weight is 261 g/mol. The topological polar surface area (TPSA) is 62.3 Å². The summed E-state index contributed by atoms with van der Waals surface area (Å²) in [5.41, 5.74) is 7.82. The quantitative estimate of drug-likeness (QED) is 0.864. The van der Waals surface area contributed by atoms with E-state index in [4.69, 9.17) is 15.2 Å². The molecule has 0 amide bonds. The van der Waals surface area contributed by atoms with Crippen LogP contribution in [-0.4, -0.2) is 30.1 Å². The number of methoxy groups -OCH3 is 1. The first-order valence-corrected chi connectivity index (χ1v) is 6.31. The first-order valence-electron chi connectivity index (χ1n) is 6.31. The molecule has 5 heteroatoms. The van der Waals surface area contributed by atoms with Gasteiger partial charge in [-0.05, 0) is 31.2 Å². The van der Waals surface area contributed by atoms with Gasteiger partial charge in [-0.2, -0.15) is 5.10 Å². The molecule has 0 radical (unpaired) electrons. The van der Waals surface area contributed by atoms with Gasteiger partial charge in [0.2, 0.25) is 0 Å². The van der Waals surface area contributed by atoms with E-state index in [0.29, 0.717) is 19.0 Å². The Labute approximate surface area is 112 Å². The third-order valence-electron chi connectivity index (χ3n) is 2.74. The minimum Gasteiger partial charge on any atom is -0.494 e. The van der Waals surface area contributed by atoms with Crippen LogP contribution in [0.1, 0.15) is 12.6 Å². The fraction of sp³-hybridized carbons (Fsp3) is 0.357. The molecule has 2 rings (SSSR count). The van der Waals surface area contributed by atoms with Crippen LogP contribution in [0.3, 0.4) is 0 Å². The van der Waals surface area contributed by atoms with Crippen molar-refractivity contribution < 1.29 is 9.47 Å². The van der Waals surface area contributed by atoms with Crippen molar-refractivity contribution in [3.63, 3.8) is 0 Å². The van der Waals surface area contributed by atoms with Crippen LogP contribution >= 0.6 is 0 Å². The molecule has 1 aromatic heterocycles. The van der Waals surface area contributed by atoms with Crippen molar-refractivity contribution in [1.29, 1.82) is 0 Å². The number of hydrogen-bond acceptors (Lipinski definition) is 4. The normalized spacial score (nSPS) is 10.6. The van der Waals surface area contributed by atoms with Crippen LogP contribution in [0, 0.1) is 0 Å². The van der Waals surface area contributed by atoms with Crippen molar-refractivity contribution in [2.45, 2.75) is 13.3 Å². The molecule has 5 nitrogen and oxygen atoms in total. The Bertz CT molecular complexity index is 520. The number of ether oxygens (including phenoxy) is 2. The molecule has 0 unspecified atom stereocenters. The molecule has 0 aliphatic rings. The number of benzene rings is 1. The number of rotatable bonds is 6. The smallest absolute Gasteiger partial charge is 0.127 e. The van der Waals surface area contributed by atoms with Gasteiger partial charge >= 0.3 is 0 Å². The van der Waals surface area contributed by atoms with Crippen molar-refractivity contribution in [2.75, 3.05) is 26.1 Å². The summed E-state index contributed by atoms with van der Waals surface area (Å²) in [5.74, 6) is 1.46. The van der Waals surface area contributed by atoms with Crippen molar-refractivity contribution in [1.82, 2.24) is 9.78 Å². The monoisotopic (exact) mass is 261 g/mol. The number of anilines is 1. The predicted molar refractivity (Wildman–Crippen MR) is 74.7 cm³/mol. The summed E-state index contributed by atoms with van der Waals surface area (Å²) in [6.45, 7) is 3.26. The van der Waals surface area contributed by atoms with Gasteiger partial charge < -0.3 is 15.2 Å². The maximum Gasteiger partial charge on any atom is 0.127 e. The highest BCUT2D eigenvalue weighted by molar-refractivity contribution is 5.44. The van der Waals surface area contributed by atoms with E-state index in [2.05, 4.69) is 5.10 Å². The summed E-state index contributed by atoms with van der Waals surface area (Å²) in [6, 6.07) is 9.57. The first kappa shape index (κ1) is 13.4. The molecule has 2 aromatic rings. The molecule has 0 aliphatic heterocycles. The zero-order chi connectivity index (χ0) is 13.7. The number of aromatic nitrogens is 2. The van der Waals surface area contributed by atoms with E-state index >= 15 is 0 Å². The lowest BCUT2D eigenvalue weighted by molar-refractivity contribution is 0.201. The maximum atomic E-state index is 5.97. The lowest BCUT2D eigenvalue weighted by atomic mass is 10.3. The average Bonchev–Trinajstić information content (AvgIpc) is 2.79. The number of nitrogens with two attached hydrogens (primary N) is 1. The second kappa shape index (κ2) is 6.24. The Hall–Kier alpha value is -2.01. The van der Waals surface area contributed by atoms with E-state index in [-0.39, 0.29) is 0 Å². The highest BCUT2D eigenvalue weighted by Crippen LogP contribution is 2.18. The van der Waals surface area contributed by atoms with Crippen molar-refractivity contribution in [3.8, 4) is 11.4 Å². The zero-order valence-electron chi connectivity index (χ0n) is 11.3. The van der Waals surface area contributed by atoms with Crippen LogP contribution in [-0.2, 0) is 11.2 Å². The van der Waals surface area contributed by atoms with Gasteiger partial charge in [0, 0.05) is 19.6 Å². The molecule has 0 aliphatic carbocycles. The Morgan fingerprint density at radius 2 is 2.00 bits per heavy atom. The van der Waals surface area contributed by atoms with Gasteiger partial charge in [-0.25, -0.2) is 4.68 Å². The third-order valence-corrected chi connectivity index (χ3v) is 2.74. The first-order chi connectivity index (χ1) is 9.24. The Morgan fingerprint density at radius 1 is 1.26 bits per heavy atom. The van der Waals surface area contributed by atoms with Crippen molar-refractivity contribution >= 4 is 5.82 Å². The van der Waals surface area contributed by atoms with Gasteiger partial charge in [0.15, 0.2) is 0 Å². The van der Waals surface area contributed by atoms with E-state index in [1.165, 1.54) is 0 Å². The van der Waals surface area contributed by atoms with Crippen LogP contribution in [0.15, 0.2) is 30.3 Å². The van der Waals surface area contributed by atoms with Crippen molar-refractivity contribution in [3.05, 3.63) is 36.0 Å². The second-order valence-electron chi connectivity index (χ2n) is 4.14. The molecule has 0 atom stereocenters. The van der Waals surface area contributed by atoms with Crippen LogP contribution in [0.5, 0.6) is 5.75 Å². The second-order valence-corrected chi connectivity index (χ2v) is 4.14. The van der Waals surface area contributed by atoms with Gasteiger partial charge in [0.05, 0.1) is 24.6 Å². The van der Waals surface area contributed by atoms with Gasteiger partial charge in [0.25, 0.3) is 0 Å². The number of nitrogen functional groups attached to an aromatic ring is 1. The van der Waals surface area contributed by atoms with Crippen LogP contribution in [0.4, 0.5) is 5.82 Å². The lowest BCUT2D eigenvalue weighted by Crippen LogP contribution is -2.02. The van der Waals surface area contributed by atoms with Gasteiger partial charge in [-0.3, -0.25) is 0 Å². The Kier molecular flexibility index (Phi) is 4.41. The Morgan fingerprint density at radius 3 is 2.63 bits per heavy atom. The molecule has 2 N–H and O–H groups in total. The summed E-state index contributed by atoms with van der Waals surface area (Å²) in [4.78, 5) is 0. The van der Waals surface area contributed by atoms with E-state index in [1.54, 1.807) is 11.8 Å². The van der Waals surface area contributed by atoms with E-state index < -0.39 is 0 Å². The SMILES string of the molecule is CCOc1ccc(-n2nc(CCOC)cc2N)cc1. The highest BCUT2D eigenvalue weighted by atomic mass is 16.5. The van der Waals surface area contributed by atoms with E-state index in [9.17, 15) is 0 Å². The van der Waals surface area contributed by atoms with Crippen LogP contribution in [0.2, 0.25) is 0 Å². The molecule has 1 aromatic carbocycles. The molecule has 0 saturated carbocycles. The molecule has 19 heavy (non-hydrogen) atoms. The minimum atomic E-state index is 0.621. The summed E-state index contributed by atoms with van der Waals surface area (Å²) in [5, 5.41) is 4.46. The van der Waals surface area contributed by atoms with Crippen LogP contribution < -0.4 is 10.5 Å². The summed E-state index contributed by atoms with van der Waals surface area (Å²) in [7, 11) is 1.67. The summed E-state index contributed by atoms with van der Waals surface area (Å²) in [6.07, 6.45) is 0.755. The van der Waals surface area contributed by atoms with Crippen molar-refractivity contribution in [2.24, 2.45) is 0 Å². The number of nitrogens with zero attached hydrogens (tertiary/aromatic N) is 2. The Balaban J connectivity index is 2.18. The molecular formula is C14H19N3O2. The fourth-order valence-electron chi connectivity index (χ4n) is 1.83. The third kappa shape index (κ3) is 3.26. The predicted octanol–water partition coefficient (Wildman–Crippen LogP) is 2.04. The molecule has 102 valence electrons. The van der Waals surface area contributed by atoms with Gasteiger partial charge in [0.1, 0.15) is 11.6 Å². The largest absolute Gasteiger partial charge is 0.494 e. The standard InChI is InChI=1S/C14H19N3O2/c1-3-19-13-6-4-12(5-7-13)17-14(15)10-11(16-17)8-9-18-2/h4-7,10H,3,8-9,15H2,1-2H3. The zero-order valence-corrected chi connectivity index (χ0v) is 11.3. The van der Waals surface area contributed by atoms with E-state index in [1.807, 2.05) is 37.3 Å². The van der Waals surface area contributed by atoms with Gasteiger partial charge in [-0.15, -0.1) is 0 Å². The number of hydrogen-bond donors (Lipinski definition) is 1. The molecule has 0 fully saturated rings. The van der Waals surface area contributed by atoms with E-state index in [0.717, 1.165) is 23.6 Å². The molecule has 1 heterocycles. The maximum absolute atomic E-state index is 5.97. The van der Waals surface area contributed by atoms with Crippen LogP contribution in [0.25, 0.3) is 5.69 Å². The molecular weight excluding hydrogens is 242 g/mol.